The molecule has 1 amide bonds. The maximum atomic E-state index is 8.78. The summed E-state index contributed by atoms with van der Waals surface area (Å²) in [6, 6.07) is 0. The highest BCUT2D eigenvalue weighted by Crippen LogP contribution is 1.34. The van der Waals surface area contributed by atoms with E-state index in [1.807, 2.05) is 0 Å². The molecule has 0 saturated heterocycles. The Morgan fingerprint density at radius 1 is 1.57 bits per heavy atom. The Morgan fingerprint density at radius 2 is 1.57 bits per heavy atom. The van der Waals surface area contributed by atoms with Gasteiger partial charge in [0, 0.05) is 0 Å². The lowest BCUT2D eigenvalue weighted by Gasteiger charge is -1.61. The monoisotopic (exact) mass is 106 g/mol. The Bertz CT molecular complexity index is 43.0. The SMILES string of the molecule is NC(=O)O.O[B]O. The molecule has 0 aromatic heterocycles. The summed E-state index contributed by atoms with van der Waals surface area (Å²) in [5, 5.41) is 21.2. The van der Waals surface area contributed by atoms with Gasteiger partial charge >= 0.3 is 13.8 Å². The third kappa shape index (κ3) is 100. The lowest BCUT2D eigenvalue weighted by Crippen LogP contribution is -2.03. The van der Waals surface area contributed by atoms with Gasteiger partial charge in [-0.2, -0.15) is 0 Å². The fourth-order valence-electron chi connectivity index (χ4n) is 0. The number of amides is 1. The second kappa shape index (κ2) is 8.98. The third-order valence-electron chi connectivity index (χ3n) is 0. The molecule has 0 aliphatic rings. The van der Waals surface area contributed by atoms with Crippen molar-refractivity contribution in [3.8, 4) is 0 Å². The highest BCUT2D eigenvalue weighted by atomic mass is 16.4. The summed E-state index contributed by atoms with van der Waals surface area (Å²) in [6.45, 7) is 0. The van der Waals surface area contributed by atoms with Gasteiger partial charge in [-0.3, -0.25) is 0 Å². The molecule has 1 radical (unpaired) electrons. The molecule has 0 bridgehead atoms. The predicted molar refractivity (Wildman–Crippen MR) is 22.4 cm³/mol. The normalized spacial score (nSPS) is 5.43. The molecular weight excluding hydrogens is 101 g/mol. The predicted octanol–water partition coefficient (Wildman–Crippen LogP) is -1.87. The van der Waals surface area contributed by atoms with Crippen LogP contribution in [-0.4, -0.2) is 28.9 Å². The summed E-state index contributed by atoms with van der Waals surface area (Å²) in [7, 11) is 0. The average Bonchev–Trinajstić information content (AvgIpc) is 1.33. The highest BCUT2D eigenvalue weighted by Gasteiger charge is 1.65. The summed E-state index contributed by atoms with van der Waals surface area (Å²) in [6.07, 6.45) is -1.33. The zero-order chi connectivity index (χ0) is 6.28. The molecular formula is CH5BNO4. The van der Waals surface area contributed by atoms with Crippen LogP contribution in [-0.2, 0) is 0 Å². The zero-order valence-corrected chi connectivity index (χ0v) is 3.40. The fourth-order valence-corrected chi connectivity index (χ4v) is 0. The molecule has 0 aliphatic carbocycles. The van der Waals surface area contributed by atoms with E-state index in [9.17, 15) is 0 Å². The molecule has 0 rings (SSSR count). The first-order chi connectivity index (χ1) is 3.15. The molecule has 5 nitrogen and oxygen atoms in total. The summed E-state index contributed by atoms with van der Waals surface area (Å²) in [5.74, 6) is 0. The van der Waals surface area contributed by atoms with Gasteiger partial charge in [0.1, 0.15) is 0 Å². The van der Waals surface area contributed by atoms with Crippen LogP contribution in [0.5, 0.6) is 0 Å². The van der Waals surface area contributed by atoms with Crippen LogP contribution in [0, 0.1) is 0 Å². The molecule has 0 atom stereocenters. The van der Waals surface area contributed by atoms with Crippen molar-refractivity contribution in [2.45, 2.75) is 0 Å². The van der Waals surface area contributed by atoms with Gasteiger partial charge in [-0.25, -0.2) is 4.79 Å². The first-order valence-electron chi connectivity index (χ1n) is 1.23. The van der Waals surface area contributed by atoms with E-state index in [0.29, 0.717) is 0 Å². The standard InChI is InChI=1S/CH3NO2.BH2O2/c2-1(3)4;2-1-3/h2H2,(H,3,4);2-3H. The second-order valence-electron chi connectivity index (χ2n) is 0.454. The molecule has 0 unspecified atom stereocenters. The molecule has 7 heavy (non-hydrogen) atoms. The van der Waals surface area contributed by atoms with Crippen LogP contribution in [0.2, 0.25) is 0 Å². The average molecular weight is 106 g/mol. The number of rotatable bonds is 0. The number of hydrogen-bond acceptors (Lipinski definition) is 3. The van der Waals surface area contributed by atoms with Crippen LogP contribution in [0.1, 0.15) is 0 Å². The minimum Gasteiger partial charge on any atom is -0.465 e. The van der Waals surface area contributed by atoms with Crippen LogP contribution in [0.15, 0.2) is 0 Å². The maximum Gasteiger partial charge on any atom is 0.482 e. The Morgan fingerprint density at radius 3 is 1.57 bits per heavy atom. The first-order valence-corrected chi connectivity index (χ1v) is 1.23. The molecule has 0 spiro atoms. The van der Waals surface area contributed by atoms with Gasteiger partial charge in [0.2, 0.25) is 0 Å². The molecule has 0 heterocycles. The van der Waals surface area contributed by atoms with Crippen molar-refractivity contribution in [1.82, 2.24) is 0 Å². The lowest BCUT2D eigenvalue weighted by atomic mass is 10.5. The Kier molecular flexibility index (Phi) is 12.2. The zero-order valence-electron chi connectivity index (χ0n) is 3.40. The molecule has 6 heteroatoms. The molecule has 0 aromatic carbocycles. The van der Waals surface area contributed by atoms with Gasteiger partial charge in [-0.1, -0.05) is 0 Å². The molecule has 0 aromatic rings. The molecule has 0 fully saturated rings. The van der Waals surface area contributed by atoms with Gasteiger partial charge in [0.15, 0.2) is 0 Å². The maximum absolute atomic E-state index is 8.78. The molecule has 5 N–H and O–H groups in total. The van der Waals surface area contributed by atoms with Gasteiger partial charge < -0.3 is 20.9 Å². The number of primary amides is 1. The Hall–Kier alpha value is -0.745. The van der Waals surface area contributed by atoms with E-state index < -0.39 is 6.09 Å². The number of carbonyl (C=O) groups is 1. The molecule has 0 saturated carbocycles. The van der Waals surface area contributed by atoms with Gasteiger partial charge in [0.05, 0.1) is 0 Å². The van der Waals surface area contributed by atoms with Crippen molar-refractivity contribution < 1.29 is 19.9 Å². The summed E-state index contributed by atoms with van der Waals surface area (Å²) in [5.41, 5.74) is 4.03. The van der Waals surface area contributed by atoms with Crippen LogP contribution in [0.25, 0.3) is 0 Å². The molecule has 0 aliphatic heterocycles. The van der Waals surface area contributed by atoms with Crippen molar-refractivity contribution in [3.05, 3.63) is 0 Å². The minimum absolute atomic E-state index is 0. The van der Waals surface area contributed by atoms with E-state index in [4.69, 9.17) is 19.9 Å². The largest absolute Gasteiger partial charge is 0.482 e. The van der Waals surface area contributed by atoms with Crippen molar-refractivity contribution in [2.75, 3.05) is 0 Å². The van der Waals surface area contributed by atoms with Crippen LogP contribution in [0.3, 0.4) is 0 Å². The van der Waals surface area contributed by atoms with E-state index in [0.717, 1.165) is 0 Å². The number of hydrogen-bond donors (Lipinski definition) is 4. The number of nitrogens with two attached hydrogens (primary N) is 1. The van der Waals surface area contributed by atoms with E-state index >= 15 is 0 Å². The van der Waals surface area contributed by atoms with E-state index in [1.54, 1.807) is 0 Å². The van der Waals surface area contributed by atoms with Crippen molar-refractivity contribution in [3.63, 3.8) is 0 Å². The topological polar surface area (TPSA) is 104 Å². The van der Waals surface area contributed by atoms with Gasteiger partial charge in [-0.15, -0.1) is 0 Å². The van der Waals surface area contributed by atoms with Crippen LogP contribution < -0.4 is 5.73 Å². The van der Waals surface area contributed by atoms with Crippen LogP contribution in [0.4, 0.5) is 4.79 Å². The van der Waals surface area contributed by atoms with E-state index in [1.165, 1.54) is 0 Å². The summed E-state index contributed by atoms with van der Waals surface area (Å²) in [4.78, 5) is 8.78. The quantitative estimate of drug-likeness (QED) is 0.271. The lowest BCUT2D eigenvalue weighted by molar-refractivity contribution is 0.205. The van der Waals surface area contributed by atoms with Crippen molar-refractivity contribution in [2.24, 2.45) is 5.73 Å². The minimum atomic E-state index is -1.33. The van der Waals surface area contributed by atoms with Crippen LogP contribution >= 0.6 is 0 Å². The van der Waals surface area contributed by atoms with Crippen molar-refractivity contribution in [1.29, 1.82) is 0 Å². The van der Waals surface area contributed by atoms with Gasteiger partial charge in [-0.05, 0) is 0 Å². The molecule has 41 valence electrons. The van der Waals surface area contributed by atoms with Crippen molar-refractivity contribution >= 4 is 13.8 Å². The smallest absolute Gasteiger partial charge is 0.465 e. The van der Waals surface area contributed by atoms with E-state index in [-0.39, 0.29) is 7.69 Å². The summed E-state index contributed by atoms with van der Waals surface area (Å²) >= 11 is 0. The Balaban J connectivity index is 0. The number of carboxylic acid groups (broad SMARTS) is 1. The van der Waals surface area contributed by atoms with E-state index in [2.05, 4.69) is 5.73 Å². The second-order valence-corrected chi connectivity index (χ2v) is 0.454. The first kappa shape index (κ1) is 9.54. The highest BCUT2D eigenvalue weighted by molar-refractivity contribution is 6.13. The van der Waals surface area contributed by atoms with Gasteiger partial charge in [0.25, 0.3) is 0 Å². The fraction of sp³-hybridized carbons (Fsp3) is 0. The third-order valence-corrected chi connectivity index (χ3v) is 0. The summed E-state index contributed by atoms with van der Waals surface area (Å²) < 4.78 is 0. The Labute approximate surface area is 40.7 Å².